The van der Waals surface area contributed by atoms with Crippen LogP contribution in [0.2, 0.25) is 0 Å². The van der Waals surface area contributed by atoms with Crippen LogP contribution in [0.4, 0.5) is 13.2 Å². The minimum atomic E-state index is -1.25. The summed E-state index contributed by atoms with van der Waals surface area (Å²) < 4.78 is 45.1. The van der Waals surface area contributed by atoms with Crippen LogP contribution < -0.4 is 5.56 Å². The maximum Gasteiger partial charge on any atom is 0.303 e. The number of pyridine rings is 1. The first-order chi connectivity index (χ1) is 20.7. The quantitative estimate of drug-likeness (QED) is 0.233. The number of aliphatic carboxylic acids is 1. The molecule has 6 nitrogen and oxygen atoms in total. The number of halogens is 3. The molecule has 2 aromatic carbocycles. The zero-order chi connectivity index (χ0) is 32.3. The Balaban J connectivity index is 1.71. The molecule has 2 heterocycles. The van der Waals surface area contributed by atoms with E-state index in [9.17, 15) is 23.9 Å². The van der Waals surface area contributed by atoms with Gasteiger partial charge in [-0.25, -0.2) is 13.2 Å². The molecule has 44 heavy (non-hydrogen) atoms. The van der Waals surface area contributed by atoms with E-state index in [0.29, 0.717) is 43.6 Å². The number of aromatic nitrogens is 1. The number of aryl methyl sites for hydroxylation is 3. The van der Waals surface area contributed by atoms with Crippen LogP contribution in [-0.2, 0) is 16.0 Å². The van der Waals surface area contributed by atoms with Gasteiger partial charge in [0.15, 0.2) is 17.4 Å². The van der Waals surface area contributed by atoms with Gasteiger partial charge in [-0.1, -0.05) is 32.0 Å². The van der Waals surface area contributed by atoms with Gasteiger partial charge in [-0.2, -0.15) is 0 Å². The monoisotopic (exact) mass is 610 g/mol. The minimum absolute atomic E-state index is 0.00245. The number of Topliss-reactive ketones (excluding diaryl/α,β-unsaturated/α-hetero) is 1. The average molecular weight is 611 g/mol. The number of likely N-dealkylation sites (tertiary alicyclic amines) is 1. The number of carbonyl (C=O) groups is 2. The van der Waals surface area contributed by atoms with E-state index in [2.05, 4.69) is 0 Å². The molecule has 0 radical (unpaired) electrons. The van der Waals surface area contributed by atoms with Gasteiger partial charge < -0.3 is 9.67 Å². The van der Waals surface area contributed by atoms with Crippen molar-refractivity contribution in [3.05, 3.63) is 92.4 Å². The molecule has 1 aliphatic heterocycles. The third kappa shape index (κ3) is 7.67. The summed E-state index contributed by atoms with van der Waals surface area (Å²) in [4.78, 5) is 41.1. The zero-order valence-electron chi connectivity index (χ0n) is 26.0. The second-order valence-corrected chi connectivity index (χ2v) is 12.6. The highest BCUT2D eigenvalue weighted by atomic mass is 19.2. The summed E-state index contributed by atoms with van der Waals surface area (Å²) in [5, 5.41) is 9.74. The summed E-state index contributed by atoms with van der Waals surface area (Å²) in [6.45, 7) is 10.7. The Bertz CT molecular complexity index is 1570. The van der Waals surface area contributed by atoms with E-state index < -0.39 is 54.4 Å². The Labute approximate surface area is 256 Å². The third-order valence-electron chi connectivity index (χ3n) is 8.54. The van der Waals surface area contributed by atoms with E-state index in [0.717, 1.165) is 28.3 Å². The van der Waals surface area contributed by atoms with Crippen molar-refractivity contribution in [3.8, 4) is 11.1 Å². The van der Waals surface area contributed by atoms with Gasteiger partial charge in [-0.15, -0.1) is 0 Å². The smallest absolute Gasteiger partial charge is 0.303 e. The van der Waals surface area contributed by atoms with Crippen LogP contribution in [0, 0.1) is 38.3 Å². The van der Waals surface area contributed by atoms with Crippen molar-refractivity contribution >= 4 is 11.8 Å². The molecular weight excluding hydrogens is 569 g/mol. The SMILES string of the molecule is Cc1cc(=O)n(C(CC(C)C)C(=O)C[C@@H](CC(=O)O)c2cc(-c3c(C)cccc3C)cc(F)c2F)cc1CCN1CC(F)C1. The Kier molecular flexibility index (Phi) is 10.5. The average Bonchev–Trinajstić information content (AvgIpc) is 2.91. The van der Waals surface area contributed by atoms with Gasteiger partial charge in [0.05, 0.1) is 12.5 Å². The lowest BCUT2D eigenvalue weighted by Crippen LogP contribution is -2.49. The maximum atomic E-state index is 15.4. The van der Waals surface area contributed by atoms with Crippen LogP contribution >= 0.6 is 0 Å². The highest BCUT2D eigenvalue weighted by Crippen LogP contribution is 2.36. The summed E-state index contributed by atoms with van der Waals surface area (Å²) in [6, 6.07) is 8.66. The molecule has 1 aliphatic rings. The molecule has 1 unspecified atom stereocenters. The Hall–Kier alpha value is -3.72. The molecule has 0 saturated carbocycles. The van der Waals surface area contributed by atoms with Crippen molar-refractivity contribution < 1.29 is 27.9 Å². The molecule has 4 rings (SSSR count). The fraction of sp³-hybridized carbons (Fsp3) is 0.457. The minimum Gasteiger partial charge on any atom is -0.481 e. The maximum absolute atomic E-state index is 15.4. The van der Waals surface area contributed by atoms with E-state index in [1.54, 1.807) is 6.20 Å². The Morgan fingerprint density at radius 3 is 2.25 bits per heavy atom. The van der Waals surface area contributed by atoms with Gasteiger partial charge >= 0.3 is 5.97 Å². The number of carbonyl (C=O) groups excluding carboxylic acids is 1. The van der Waals surface area contributed by atoms with Crippen LogP contribution in [0.25, 0.3) is 11.1 Å². The van der Waals surface area contributed by atoms with Gasteiger partial charge in [-0.3, -0.25) is 19.3 Å². The van der Waals surface area contributed by atoms with Crippen molar-refractivity contribution in [1.82, 2.24) is 9.47 Å². The first-order valence-corrected chi connectivity index (χ1v) is 15.1. The van der Waals surface area contributed by atoms with E-state index in [4.69, 9.17) is 0 Å². The summed E-state index contributed by atoms with van der Waals surface area (Å²) in [6.07, 6.45) is 0.735. The predicted octanol–water partition coefficient (Wildman–Crippen LogP) is 6.72. The van der Waals surface area contributed by atoms with Crippen molar-refractivity contribution in [2.45, 2.75) is 78.4 Å². The van der Waals surface area contributed by atoms with Crippen LogP contribution in [-0.4, -0.2) is 52.1 Å². The molecule has 1 aromatic heterocycles. The summed E-state index contributed by atoms with van der Waals surface area (Å²) >= 11 is 0. The lowest BCUT2D eigenvalue weighted by atomic mass is 9.84. The first kappa shape index (κ1) is 33.2. The van der Waals surface area contributed by atoms with E-state index >= 15 is 8.78 Å². The van der Waals surface area contributed by atoms with Crippen LogP contribution in [0.15, 0.2) is 47.4 Å². The second kappa shape index (κ2) is 13.9. The molecule has 0 aliphatic carbocycles. The molecule has 1 N–H and O–H groups in total. The number of hydrogen-bond donors (Lipinski definition) is 1. The van der Waals surface area contributed by atoms with E-state index in [-0.39, 0.29) is 17.0 Å². The Morgan fingerprint density at radius 2 is 1.66 bits per heavy atom. The third-order valence-corrected chi connectivity index (χ3v) is 8.54. The standard InChI is InChI=1S/C35H41F3N2O4/c1-20(2)11-30(40-17-24(23(5)12-32(40)42)9-10-39-18-27(36)19-39)31(41)15-25(16-33(43)44)28-13-26(14-29(37)35(28)38)34-21(3)7-6-8-22(34)4/h6-8,12-14,17,20,25,27,30H,9-11,15-16,18-19H2,1-5H3,(H,43,44)/t25-,30?/m0/s1. The van der Waals surface area contributed by atoms with Gasteiger partial charge in [0.25, 0.3) is 5.56 Å². The Morgan fingerprint density at radius 1 is 1.00 bits per heavy atom. The fourth-order valence-corrected chi connectivity index (χ4v) is 6.21. The topological polar surface area (TPSA) is 79.6 Å². The molecular formula is C35H41F3N2O4. The van der Waals surface area contributed by atoms with E-state index in [1.807, 2.05) is 57.7 Å². The van der Waals surface area contributed by atoms with Crippen molar-refractivity contribution in [1.29, 1.82) is 0 Å². The van der Waals surface area contributed by atoms with Gasteiger partial charge in [0, 0.05) is 44.2 Å². The number of carboxylic acids is 1. The van der Waals surface area contributed by atoms with Crippen molar-refractivity contribution in [3.63, 3.8) is 0 Å². The summed E-state index contributed by atoms with van der Waals surface area (Å²) in [5.74, 6) is -5.14. The highest BCUT2D eigenvalue weighted by Gasteiger charge is 2.31. The molecule has 236 valence electrons. The number of nitrogens with zero attached hydrogens (tertiary/aromatic N) is 2. The van der Waals surface area contributed by atoms with Crippen LogP contribution in [0.1, 0.15) is 72.9 Å². The number of benzene rings is 2. The molecule has 0 spiro atoms. The molecule has 1 fully saturated rings. The van der Waals surface area contributed by atoms with Crippen LogP contribution in [0.5, 0.6) is 0 Å². The summed E-state index contributed by atoms with van der Waals surface area (Å²) in [5.41, 5.74) is 3.87. The van der Waals surface area contributed by atoms with Gasteiger partial charge in [-0.05, 0) is 90.6 Å². The number of rotatable bonds is 13. The first-order valence-electron chi connectivity index (χ1n) is 15.1. The summed E-state index contributed by atoms with van der Waals surface area (Å²) in [7, 11) is 0. The number of carboxylic acid groups (broad SMARTS) is 1. The predicted molar refractivity (Wildman–Crippen MR) is 165 cm³/mol. The lowest BCUT2D eigenvalue weighted by Gasteiger charge is -2.34. The fourth-order valence-electron chi connectivity index (χ4n) is 6.21. The van der Waals surface area contributed by atoms with Gasteiger partial charge in [0.2, 0.25) is 0 Å². The molecule has 0 bridgehead atoms. The molecule has 0 amide bonds. The molecule has 2 atom stereocenters. The number of alkyl halides is 1. The lowest BCUT2D eigenvalue weighted by molar-refractivity contribution is -0.137. The van der Waals surface area contributed by atoms with E-state index in [1.165, 1.54) is 16.7 Å². The van der Waals surface area contributed by atoms with Crippen LogP contribution in [0.3, 0.4) is 0 Å². The highest BCUT2D eigenvalue weighted by molar-refractivity contribution is 5.84. The number of ketones is 1. The molecule has 9 heteroatoms. The normalized spacial score (nSPS) is 15.3. The second-order valence-electron chi connectivity index (χ2n) is 12.6. The largest absolute Gasteiger partial charge is 0.481 e. The van der Waals surface area contributed by atoms with Crippen molar-refractivity contribution in [2.75, 3.05) is 19.6 Å². The molecule has 1 saturated heterocycles. The van der Waals surface area contributed by atoms with Crippen molar-refractivity contribution in [2.24, 2.45) is 5.92 Å². The molecule has 3 aromatic rings. The number of hydrogen-bond acceptors (Lipinski definition) is 4. The van der Waals surface area contributed by atoms with Gasteiger partial charge in [0.1, 0.15) is 6.17 Å². The zero-order valence-corrected chi connectivity index (χ0v) is 26.0.